The molecule has 2 N–H and O–H groups in total. The highest BCUT2D eigenvalue weighted by molar-refractivity contribution is 8.01. The van der Waals surface area contributed by atoms with Crippen LogP contribution in [-0.4, -0.2) is 83.2 Å². The van der Waals surface area contributed by atoms with Gasteiger partial charge in [-0.2, -0.15) is 0 Å². The average molecular weight is 919 g/mol. The number of amides is 3. The van der Waals surface area contributed by atoms with Crippen molar-refractivity contribution in [2.75, 3.05) is 16.8 Å². The molecule has 2 aromatic heterocycles. The molecule has 3 amide bonds. The number of thiazole rings is 1. The molecule has 4 aromatic carbocycles. The molecule has 1 unspecified atom stereocenters. The van der Waals surface area contributed by atoms with Crippen molar-refractivity contribution >= 4 is 87.3 Å². The van der Waals surface area contributed by atoms with Crippen LogP contribution in [0.5, 0.6) is 0 Å². The maximum absolute atomic E-state index is 14.6. The van der Waals surface area contributed by atoms with Gasteiger partial charge in [0.05, 0.1) is 11.3 Å². The lowest BCUT2D eigenvalue weighted by Gasteiger charge is -2.49. The van der Waals surface area contributed by atoms with Crippen LogP contribution in [0.4, 0.5) is 5.13 Å². The van der Waals surface area contributed by atoms with Gasteiger partial charge in [0.2, 0.25) is 11.6 Å². The summed E-state index contributed by atoms with van der Waals surface area (Å²) in [6.45, 7) is -0.299. The van der Waals surface area contributed by atoms with Crippen LogP contribution >= 0.6 is 46.5 Å². The minimum Gasteiger partial charge on any atom is -0.451 e. The monoisotopic (exact) mass is 918 g/mol. The van der Waals surface area contributed by atoms with Crippen LogP contribution < -0.4 is 10.6 Å². The number of halogens is 1. The molecule has 1 fully saturated rings. The van der Waals surface area contributed by atoms with E-state index in [4.69, 9.17) is 21.1 Å². The summed E-state index contributed by atoms with van der Waals surface area (Å²) >= 11 is 9.69. The van der Waals surface area contributed by atoms with E-state index in [-0.39, 0.29) is 45.3 Å². The first-order valence-electron chi connectivity index (χ1n) is 19.3. The Morgan fingerprint density at radius 2 is 1.43 bits per heavy atom. The topological polar surface area (TPSA) is 188 Å². The average Bonchev–Trinajstić information content (AvgIpc) is 3.98. The highest BCUT2D eigenvalue weighted by atomic mass is 35.5. The van der Waals surface area contributed by atoms with Crippen molar-refractivity contribution in [3.8, 4) is 0 Å². The molecule has 0 bridgehead atoms. The molecular formula is C44H35ClN8O7S3. The number of hydrogen-bond acceptors (Lipinski definition) is 14. The number of rotatable bonds is 17. The summed E-state index contributed by atoms with van der Waals surface area (Å²) in [4.78, 5) is 72.2. The number of nitrogens with one attached hydrogen (secondary N) is 2. The maximum Gasteiger partial charge on any atom is 0.356 e. The van der Waals surface area contributed by atoms with Crippen molar-refractivity contribution in [1.29, 1.82) is 0 Å². The van der Waals surface area contributed by atoms with Crippen LogP contribution in [0.15, 0.2) is 149 Å². The summed E-state index contributed by atoms with van der Waals surface area (Å²) in [6.07, 6.45) is -1.02. The number of ether oxygens (including phenoxy) is 2. The zero-order valence-electron chi connectivity index (χ0n) is 32.9. The number of fused-ring (bicyclic) bond motifs is 1. The second-order valence-corrected chi connectivity index (χ2v) is 17.0. The van der Waals surface area contributed by atoms with Gasteiger partial charge in [-0.1, -0.05) is 145 Å². The van der Waals surface area contributed by atoms with E-state index >= 15 is 0 Å². The maximum atomic E-state index is 14.6. The lowest BCUT2D eigenvalue weighted by molar-refractivity contribution is -0.154. The highest BCUT2D eigenvalue weighted by Crippen LogP contribution is 2.43. The predicted octanol–water partition coefficient (Wildman–Crippen LogP) is 6.39. The summed E-state index contributed by atoms with van der Waals surface area (Å²) in [5, 5.41) is 18.6. The van der Waals surface area contributed by atoms with E-state index < -0.39 is 47.4 Å². The van der Waals surface area contributed by atoms with Crippen molar-refractivity contribution in [2.45, 2.75) is 35.3 Å². The molecule has 2 aliphatic rings. The zero-order chi connectivity index (χ0) is 43.7. The minimum absolute atomic E-state index is 0.0167. The number of hydrogen-bond donors (Lipinski definition) is 2. The van der Waals surface area contributed by atoms with E-state index in [0.29, 0.717) is 12.0 Å². The molecule has 1 saturated heterocycles. The fourth-order valence-electron chi connectivity index (χ4n) is 6.91. The standard InChI is InChI=1S/C44H35ClN8O7S3/c45-21-32(33-25-62-43(47-33)46-26-54)39(56)48-35-40(57)53-36(42(58)60-38(29-17-9-3-10-18-29)30-19-11-4-12-20-30)31(23-61-41(35)53)24-63-44-49-50-51-52(44)22-34(55)59-37(27-13-5-1-6-14-27)28-15-7-2-8-16-28/h1-21,25-26,35,37-38,41H,22-24H2,(H,48,56)(H,46,47,54)/t35?,41-/m0/s1. The van der Waals surface area contributed by atoms with Crippen molar-refractivity contribution in [2.24, 2.45) is 0 Å². The first-order chi connectivity index (χ1) is 30.8. The molecule has 4 heterocycles. The van der Waals surface area contributed by atoms with Gasteiger partial charge < -0.3 is 20.1 Å². The van der Waals surface area contributed by atoms with Crippen LogP contribution in [0.3, 0.4) is 0 Å². The molecule has 0 radical (unpaired) electrons. The number of esters is 2. The van der Waals surface area contributed by atoms with Crippen LogP contribution in [0.25, 0.3) is 5.57 Å². The molecule has 2 aliphatic heterocycles. The van der Waals surface area contributed by atoms with Gasteiger partial charge in [0.1, 0.15) is 23.7 Å². The van der Waals surface area contributed by atoms with Crippen molar-refractivity contribution in [3.05, 3.63) is 171 Å². The van der Waals surface area contributed by atoms with Crippen molar-refractivity contribution in [3.63, 3.8) is 0 Å². The quantitative estimate of drug-likeness (QED) is 0.0337. The largest absolute Gasteiger partial charge is 0.451 e. The van der Waals surface area contributed by atoms with E-state index in [0.717, 1.165) is 39.1 Å². The molecule has 6 aromatic rings. The Kier molecular flexibility index (Phi) is 13.7. The van der Waals surface area contributed by atoms with E-state index in [1.54, 1.807) is 5.38 Å². The minimum atomic E-state index is -1.02. The third-order valence-electron chi connectivity index (χ3n) is 9.88. The van der Waals surface area contributed by atoms with Gasteiger partial charge in [-0.15, -0.1) is 28.2 Å². The number of β-lactam (4-membered cyclic amide) rings is 1. The SMILES string of the molecule is O=CNc1nc(C(=CCl)C(=O)NC2C(=O)N3C(C(=O)OC(c4ccccc4)c4ccccc4)=C(CSc4nnnn4CC(=O)OC(c4ccccc4)c4ccccc4)CS[C@@H]23)cs1. The van der Waals surface area contributed by atoms with Crippen LogP contribution in [0, 0.1) is 0 Å². The van der Waals surface area contributed by atoms with Crippen LogP contribution in [0.1, 0.15) is 40.2 Å². The van der Waals surface area contributed by atoms with Crippen LogP contribution in [-0.2, 0) is 40.0 Å². The summed E-state index contributed by atoms with van der Waals surface area (Å²) in [7, 11) is 0. The molecule has 318 valence electrons. The lowest BCUT2D eigenvalue weighted by atomic mass is 10.0. The summed E-state index contributed by atoms with van der Waals surface area (Å²) in [5.41, 5.74) is 4.85. The Morgan fingerprint density at radius 3 is 1.98 bits per heavy atom. The molecule has 63 heavy (non-hydrogen) atoms. The van der Waals surface area contributed by atoms with Crippen molar-refractivity contribution in [1.82, 2.24) is 35.4 Å². The van der Waals surface area contributed by atoms with Gasteiger partial charge in [-0.3, -0.25) is 24.1 Å². The normalized spacial score (nSPS) is 16.0. The van der Waals surface area contributed by atoms with E-state index in [1.165, 1.54) is 33.1 Å². The summed E-state index contributed by atoms with van der Waals surface area (Å²) in [5.74, 6) is -2.13. The number of carbonyl (C=O) groups excluding carboxylic acids is 5. The van der Waals surface area contributed by atoms with Crippen molar-refractivity contribution < 1.29 is 33.4 Å². The fraction of sp³-hybridized carbons (Fsp3) is 0.159. The summed E-state index contributed by atoms with van der Waals surface area (Å²) < 4.78 is 13.6. The predicted molar refractivity (Wildman–Crippen MR) is 238 cm³/mol. The first-order valence-corrected chi connectivity index (χ1v) is 22.6. The van der Waals surface area contributed by atoms with E-state index in [2.05, 4.69) is 31.1 Å². The van der Waals surface area contributed by atoms with Gasteiger partial charge >= 0.3 is 11.9 Å². The molecular weight excluding hydrogens is 884 g/mol. The number of carbonyl (C=O) groups is 5. The van der Waals surface area contributed by atoms with Gasteiger partial charge in [0.15, 0.2) is 17.3 Å². The summed E-state index contributed by atoms with van der Waals surface area (Å²) in [6, 6.07) is 36.3. The van der Waals surface area contributed by atoms with E-state index in [1.807, 2.05) is 121 Å². The second kappa shape index (κ2) is 20.1. The number of tetrazole rings is 1. The second-order valence-electron chi connectivity index (χ2n) is 13.8. The van der Waals surface area contributed by atoms with Gasteiger partial charge in [0.25, 0.3) is 11.8 Å². The molecule has 19 heteroatoms. The van der Waals surface area contributed by atoms with Crippen LogP contribution in [0.2, 0.25) is 0 Å². The Morgan fingerprint density at radius 1 is 0.857 bits per heavy atom. The molecule has 0 aliphatic carbocycles. The number of anilines is 1. The Hall–Kier alpha value is -6.60. The fourth-order valence-corrected chi connectivity index (χ4v) is 10.2. The third-order valence-corrected chi connectivity index (χ3v) is 13.3. The molecule has 0 saturated carbocycles. The smallest absolute Gasteiger partial charge is 0.356 e. The third kappa shape index (κ3) is 9.73. The Bertz CT molecular complexity index is 2590. The number of aromatic nitrogens is 5. The number of benzene rings is 4. The Balaban J connectivity index is 1.04. The number of nitrogens with zero attached hydrogens (tertiary/aromatic N) is 6. The Labute approximate surface area is 377 Å². The molecule has 2 atom stereocenters. The lowest BCUT2D eigenvalue weighted by Crippen LogP contribution is -2.70. The molecule has 15 nitrogen and oxygen atoms in total. The van der Waals surface area contributed by atoms with Gasteiger partial charge in [0, 0.05) is 22.4 Å². The van der Waals surface area contributed by atoms with Gasteiger partial charge in [-0.05, 0) is 38.3 Å². The molecule has 0 spiro atoms. The number of thioether (sulfide) groups is 2. The van der Waals surface area contributed by atoms with E-state index in [9.17, 15) is 24.0 Å². The first kappa shape index (κ1) is 43.1. The highest BCUT2D eigenvalue weighted by Gasteiger charge is 2.55. The molecule has 8 rings (SSSR count). The zero-order valence-corrected chi connectivity index (χ0v) is 36.1. The van der Waals surface area contributed by atoms with Gasteiger partial charge in [-0.25, -0.2) is 14.5 Å².